The molecule has 142 valence electrons. The fourth-order valence-corrected chi connectivity index (χ4v) is 4.64. The third kappa shape index (κ3) is 3.39. The van der Waals surface area contributed by atoms with Gasteiger partial charge in [0.1, 0.15) is 23.5 Å². The molecular weight excluding hydrogens is 366 g/mol. The number of nitrogens with zero attached hydrogens (tertiary/aromatic N) is 1. The van der Waals surface area contributed by atoms with E-state index in [0.717, 1.165) is 11.3 Å². The van der Waals surface area contributed by atoms with Gasteiger partial charge in [-0.1, -0.05) is 18.2 Å². The number of amides is 1. The third-order valence-electron chi connectivity index (χ3n) is 4.65. The van der Waals surface area contributed by atoms with E-state index in [2.05, 4.69) is 0 Å². The molecule has 2 aromatic carbocycles. The monoisotopic (exact) mass is 387 g/mol. The molecule has 0 aromatic heterocycles. The lowest BCUT2D eigenvalue weighted by Crippen LogP contribution is -2.42. The number of thioether (sulfide) groups is 1. The Balaban J connectivity index is 1.58. The maximum absolute atomic E-state index is 12.6. The number of fused-ring (bicyclic) bond motifs is 1. The van der Waals surface area contributed by atoms with Gasteiger partial charge in [0.05, 0.1) is 32.1 Å². The number of para-hydroxylation sites is 2. The Labute approximate surface area is 162 Å². The number of ether oxygens (including phenoxy) is 4. The van der Waals surface area contributed by atoms with Crippen LogP contribution in [0, 0.1) is 0 Å². The van der Waals surface area contributed by atoms with Gasteiger partial charge < -0.3 is 23.8 Å². The van der Waals surface area contributed by atoms with E-state index in [1.807, 2.05) is 47.4 Å². The molecule has 7 heteroatoms. The summed E-state index contributed by atoms with van der Waals surface area (Å²) in [6.45, 7) is 0.841. The minimum atomic E-state index is -0.231. The summed E-state index contributed by atoms with van der Waals surface area (Å²) in [7, 11) is 3.25. The second-order valence-corrected chi connectivity index (χ2v) is 7.35. The molecule has 2 aliphatic rings. The van der Waals surface area contributed by atoms with E-state index in [1.54, 1.807) is 26.0 Å². The number of methoxy groups -OCH3 is 2. The van der Waals surface area contributed by atoms with Gasteiger partial charge in [-0.3, -0.25) is 4.79 Å². The van der Waals surface area contributed by atoms with E-state index in [0.29, 0.717) is 36.2 Å². The summed E-state index contributed by atoms with van der Waals surface area (Å²) in [5.41, 5.74) is 0.871. The van der Waals surface area contributed by atoms with E-state index in [-0.39, 0.29) is 17.4 Å². The fourth-order valence-electron chi connectivity index (χ4n) is 3.39. The van der Waals surface area contributed by atoms with Crippen LogP contribution in [-0.4, -0.2) is 50.0 Å². The number of carbonyl (C=O) groups is 1. The summed E-state index contributed by atoms with van der Waals surface area (Å²) < 4.78 is 22.9. The van der Waals surface area contributed by atoms with Gasteiger partial charge in [-0.25, -0.2) is 0 Å². The van der Waals surface area contributed by atoms with E-state index < -0.39 is 0 Å². The molecule has 2 aromatic rings. The van der Waals surface area contributed by atoms with Crippen molar-refractivity contribution in [3.63, 3.8) is 0 Å². The highest BCUT2D eigenvalue weighted by atomic mass is 32.2. The van der Waals surface area contributed by atoms with E-state index >= 15 is 0 Å². The molecule has 1 fully saturated rings. The van der Waals surface area contributed by atoms with E-state index in [1.165, 1.54) is 0 Å². The number of rotatable bonds is 5. The summed E-state index contributed by atoms with van der Waals surface area (Å²) in [5, 5.41) is -0.190. The smallest absolute Gasteiger partial charge is 0.233 e. The van der Waals surface area contributed by atoms with Crippen LogP contribution in [0.25, 0.3) is 0 Å². The zero-order valence-corrected chi connectivity index (χ0v) is 16.0. The highest BCUT2D eigenvalue weighted by Crippen LogP contribution is 2.47. The first kappa shape index (κ1) is 17.9. The van der Waals surface area contributed by atoms with Crippen molar-refractivity contribution in [3.05, 3.63) is 48.0 Å². The standard InChI is InChI=1S/C20H21NO5S/c1-23-16-8-5-9-17(24-2)19(16)20-21(18(22)12-27-20)10-13-11-25-14-6-3-4-7-15(14)26-13/h3-9,13,20H,10-12H2,1-2H3. The second-order valence-electron chi connectivity index (χ2n) is 6.28. The molecular formula is C20H21NO5S. The molecule has 2 heterocycles. The lowest BCUT2D eigenvalue weighted by molar-refractivity contribution is -0.129. The molecule has 0 aliphatic carbocycles. The van der Waals surface area contributed by atoms with Crippen molar-refractivity contribution in [2.75, 3.05) is 33.1 Å². The van der Waals surface area contributed by atoms with Crippen LogP contribution in [0.2, 0.25) is 0 Å². The van der Waals surface area contributed by atoms with Crippen LogP contribution in [0.15, 0.2) is 42.5 Å². The number of carbonyl (C=O) groups excluding carboxylic acids is 1. The Morgan fingerprint density at radius 3 is 2.48 bits per heavy atom. The maximum Gasteiger partial charge on any atom is 0.233 e. The molecule has 1 saturated heterocycles. The first-order chi connectivity index (χ1) is 13.2. The van der Waals surface area contributed by atoms with E-state index in [9.17, 15) is 4.79 Å². The summed E-state index contributed by atoms with van der Waals surface area (Å²) in [5.74, 6) is 3.34. The molecule has 0 saturated carbocycles. The van der Waals surface area contributed by atoms with Crippen molar-refractivity contribution < 1.29 is 23.7 Å². The van der Waals surface area contributed by atoms with Crippen molar-refractivity contribution in [2.45, 2.75) is 11.5 Å². The molecule has 0 spiro atoms. The van der Waals surface area contributed by atoms with Crippen molar-refractivity contribution in [1.82, 2.24) is 4.90 Å². The largest absolute Gasteiger partial charge is 0.496 e. The summed E-state index contributed by atoms with van der Waals surface area (Å²) >= 11 is 1.56. The Morgan fingerprint density at radius 1 is 1.07 bits per heavy atom. The van der Waals surface area contributed by atoms with Crippen molar-refractivity contribution >= 4 is 17.7 Å². The molecule has 0 N–H and O–H groups in total. The van der Waals surface area contributed by atoms with Crippen LogP contribution in [-0.2, 0) is 4.79 Å². The third-order valence-corrected chi connectivity index (χ3v) is 5.87. The summed E-state index contributed by atoms with van der Waals surface area (Å²) in [6, 6.07) is 13.2. The zero-order chi connectivity index (χ0) is 18.8. The molecule has 2 unspecified atom stereocenters. The van der Waals surface area contributed by atoms with Gasteiger partial charge in [-0.05, 0) is 24.3 Å². The Hall–Kier alpha value is -2.54. The lowest BCUT2D eigenvalue weighted by atomic mass is 10.1. The molecule has 27 heavy (non-hydrogen) atoms. The van der Waals surface area contributed by atoms with Gasteiger partial charge in [0, 0.05) is 0 Å². The van der Waals surface area contributed by atoms with Gasteiger partial charge in [-0.2, -0.15) is 0 Å². The van der Waals surface area contributed by atoms with E-state index in [4.69, 9.17) is 18.9 Å². The summed E-state index contributed by atoms with van der Waals surface area (Å²) in [4.78, 5) is 14.4. The minimum Gasteiger partial charge on any atom is -0.496 e. The molecule has 4 rings (SSSR count). The highest BCUT2D eigenvalue weighted by Gasteiger charge is 2.38. The van der Waals surface area contributed by atoms with Crippen LogP contribution in [0.5, 0.6) is 23.0 Å². The predicted molar refractivity (Wildman–Crippen MR) is 103 cm³/mol. The van der Waals surface area contributed by atoms with Gasteiger partial charge in [0.2, 0.25) is 5.91 Å². The van der Waals surface area contributed by atoms with Gasteiger partial charge in [0.25, 0.3) is 0 Å². The van der Waals surface area contributed by atoms with Gasteiger partial charge in [-0.15, -0.1) is 11.8 Å². The molecule has 0 bridgehead atoms. The highest BCUT2D eigenvalue weighted by molar-refractivity contribution is 8.00. The SMILES string of the molecule is COc1cccc(OC)c1C1SCC(=O)N1CC1COc2ccccc2O1. The van der Waals surface area contributed by atoms with Crippen LogP contribution in [0.4, 0.5) is 0 Å². The molecule has 1 amide bonds. The average Bonchev–Trinajstić information content (AvgIpc) is 3.07. The Kier molecular flexibility index (Phi) is 5.03. The number of benzene rings is 2. The van der Waals surface area contributed by atoms with Crippen LogP contribution in [0.3, 0.4) is 0 Å². The lowest BCUT2D eigenvalue weighted by Gasteiger charge is -2.32. The topological polar surface area (TPSA) is 57.2 Å². The Morgan fingerprint density at radius 2 is 1.78 bits per heavy atom. The normalized spacial score (nSPS) is 21.3. The van der Waals surface area contributed by atoms with Crippen LogP contribution < -0.4 is 18.9 Å². The van der Waals surface area contributed by atoms with Crippen molar-refractivity contribution in [3.8, 4) is 23.0 Å². The number of hydrogen-bond acceptors (Lipinski definition) is 6. The average molecular weight is 387 g/mol. The van der Waals surface area contributed by atoms with Gasteiger partial charge in [0.15, 0.2) is 17.6 Å². The zero-order valence-electron chi connectivity index (χ0n) is 15.2. The van der Waals surface area contributed by atoms with Crippen LogP contribution in [0.1, 0.15) is 10.9 Å². The molecule has 0 radical (unpaired) electrons. The van der Waals surface area contributed by atoms with Crippen molar-refractivity contribution in [1.29, 1.82) is 0 Å². The Bertz CT molecular complexity index is 821. The number of hydrogen-bond donors (Lipinski definition) is 0. The van der Waals surface area contributed by atoms with Crippen LogP contribution >= 0.6 is 11.8 Å². The molecule has 2 atom stereocenters. The summed E-state index contributed by atoms with van der Waals surface area (Å²) in [6.07, 6.45) is -0.231. The first-order valence-electron chi connectivity index (χ1n) is 8.71. The second kappa shape index (κ2) is 7.60. The van der Waals surface area contributed by atoms with Crippen molar-refractivity contribution in [2.24, 2.45) is 0 Å². The molecule has 2 aliphatic heterocycles. The molecule has 6 nitrogen and oxygen atoms in total. The maximum atomic E-state index is 12.6. The predicted octanol–water partition coefficient (Wildman–Crippen LogP) is 3.12. The first-order valence-corrected chi connectivity index (χ1v) is 9.76. The fraction of sp³-hybridized carbons (Fsp3) is 0.350. The van der Waals surface area contributed by atoms with Gasteiger partial charge >= 0.3 is 0 Å². The minimum absolute atomic E-state index is 0.0698. The quantitative estimate of drug-likeness (QED) is 0.786.